The lowest BCUT2D eigenvalue weighted by Crippen LogP contribution is -2.36. The maximum atomic E-state index is 14.2. The van der Waals surface area contributed by atoms with E-state index in [1.54, 1.807) is 32.0 Å². The highest BCUT2D eigenvalue weighted by Crippen LogP contribution is 2.35. The Labute approximate surface area is 259 Å². The van der Waals surface area contributed by atoms with E-state index < -0.39 is 0 Å². The molecule has 3 aromatic carbocycles. The van der Waals surface area contributed by atoms with E-state index in [0.717, 1.165) is 24.0 Å². The summed E-state index contributed by atoms with van der Waals surface area (Å²) in [6.07, 6.45) is 2.82. The van der Waals surface area contributed by atoms with Crippen LogP contribution in [0.25, 0.3) is 21.7 Å². The van der Waals surface area contributed by atoms with Crippen molar-refractivity contribution in [3.8, 4) is 28.6 Å². The molecule has 0 N–H and O–H groups in total. The number of Topliss-reactive ketones (excluding diaryl/α,β-unsaturated/α-hetero) is 1. The Balaban J connectivity index is 1.40. The van der Waals surface area contributed by atoms with Crippen LogP contribution in [-0.4, -0.2) is 54.2 Å². The molecule has 0 spiro atoms. The van der Waals surface area contributed by atoms with Gasteiger partial charge in [0.1, 0.15) is 23.1 Å². The number of ether oxygens (including phenoxy) is 3. The molecule has 1 aliphatic heterocycles. The van der Waals surface area contributed by atoms with Gasteiger partial charge in [-0.05, 0) is 49.1 Å². The van der Waals surface area contributed by atoms with Gasteiger partial charge in [0.05, 0.1) is 39.5 Å². The van der Waals surface area contributed by atoms with Gasteiger partial charge >= 0.3 is 0 Å². The molecule has 1 aliphatic rings. The molecular weight excluding hydrogens is 576 g/mol. The molecule has 2 aromatic heterocycles. The minimum atomic E-state index is -0.276. The molecule has 1 atom stereocenters. The van der Waals surface area contributed by atoms with Crippen molar-refractivity contribution in [3.63, 3.8) is 0 Å². The molecule has 0 amide bonds. The number of aromatic nitrogens is 3. The Kier molecular flexibility index (Phi) is 8.60. The zero-order valence-corrected chi connectivity index (χ0v) is 25.8. The molecule has 0 bridgehead atoms. The predicted molar refractivity (Wildman–Crippen MR) is 172 cm³/mol. The van der Waals surface area contributed by atoms with E-state index in [0.29, 0.717) is 58.0 Å². The maximum absolute atomic E-state index is 14.2. The SMILES string of the molecule is COc1ccc(Cn2c(-c3ccccc3OC)nc3sc(N4CCC[C@@H]4C(=O)CCc4ccccc4)nc3c2=O)c(OC)c1. The average Bonchev–Trinajstić information content (AvgIpc) is 3.73. The van der Waals surface area contributed by atoms with Crippen LogP contribution >= 0.6 is 11.3 Å². The fraction of sp³-hybridized carbons (Fsp3) is 0.294. The van der Waals surface area contributed by atoms with Crippen LogP contribution in [0.3, 0.4) is 0 Å². The first kappa shape index (κ1) is 29.4. The molecule has 226 valence electrons. The first-order chi connectivity index (χ1) is 21.5. The second-order valence-electron chi connectivity index (χ2n) is 10.7. The number of anilines is 1. The number of fused-ring (bicyclic) bond motifs is 1. The number of aryl methyl sites for hydroxylation is 1. The molecule has 0 saturated carbocycles. The number of rotatable bonds is 11. The number of hydrogen-bond acceptors (Lipinski definition) is 9. The van der Waals surface area contributed by atoms with Crippen LogP contribution < -0.4 is 24.7 Å². The van der Waals surface area contributed by atoms with Gasteiger partial charge in [-0.3, -0.25) is 14.2 Å². The van der Waals surface area contributed by atoms with Crippen molar-refractivity contribution >= 4 is 32.6 Å². The summed E-state index contributed by atoms with van der Waals surface area (Å²) < 4.78 is 18.3. The summed E-state index contributed by atoms with van der Waals surface area (Å²) in [7, 11) is 4.78. The molecule has 1 fully saturated rings. The highest BCUT2D eigenvalue weighted by Gasteiger charge is 2.33. The average molecular weight is 611 g/mol. The first-order valence-electron chi connectivity index (χ1n) is 14.6. The minimum absolute atomic E-state index is 0.192. The van der Waals surface area contributed by atoms with E-state index in [2.05, 4.69) is 4.90 Å². The number of carbonyl (C=O) groups is 1. The molecule has 1 saturated heterocycles. The predicted octanol–water partition coefficient (Wildman–Crippen LogP) is 5.76. The maximum Gasteiger partial charge on any atom is 0.281 e. The number of thiazole rings is 1. The van der Waals surface area contributed by atoms with Gasteiger partial charge in [-0.1, -0.05) is 53.8 Å². The summed E-state index contributed by atoms with van der Waals surface area (Å²) in [5.74, 6) is 2.50. The van der Waals surface area contributed by atoms with E-state index >= 15 is 0 Å². The summed E-state index contributed by atoms with van der Waals surface area (Å²) in [6, 6.07) is 22.8. The molecule has 9 nitrogen and oxygen atoms in total. The van der Waals surface area contributed by atoms with Crippen molar-refractivity contribution in [2.24, 2.45) is 0 Å². The lowest BCUT2D eigenvalue weighted by molar-refractivity contribution is -0.120. The van der Waals surface area contributed by atoms with Crippen molar-refractivity contribution < 1.29 is 19.0 Å². The highest BCUT2D eigenvalue weighted by molar-refractivity contribution is 7.21. The van der Waals surface area contributed by atoms with Crippen LogP contribution in [0.5, 0.6) is 17.2 Å². The van der Waals surface area contributed by atoms with E-state index in [1.165, 1.54) is 11.3 Å². The Morgan fingerprint density at radius 1 is 0.932 bits per heavy atom. The third kappa shape index (κ3) is 5.77. The van der Waals surface area contributed by atoms with E-state index in [-0.39, 0.29) is 29.4 Å². The van der Waals surface area contributed by atoms with Crippen molar-refractivity contribution in [2.75, 3.05) is 32.8 Å². The summed E-state index contributed by atoms with van der Waals surface area (Å²) in [5, 5.41) is 0.644. The Bertz CT molecular complexity index is 1850. The Hall–Kier alpha value is -4.70. The number of hydrogen-bond donors (Lipinski definition) is 0. The standard InChI is InChI=1S/C34H34N4O5S/c1-41-24-17-16-23(29(20-24)43-3)21-38-31(25-12-7-8-14-28(25)42-2)36-32-30(33(38)40)35-34(44-32)37-19-9-13-26(37)27(39)18-15-22-10-5-4-6-11-22/h4-8,10-12,14,16-17,20,26H,9,13,15,18-19,21H2,1-3H3/t26-/m1/s1. The zero-order valence-electron chi connectivity index (χ0n) is 25.0. The second-order valence-corrected chi connectivity index (χ2v) is 11.6. The minimum Gasteiger partial charge on any atom is -0.497 e. The molecule has 0 radical (unpaired) electrons. The van der Waals surface area contributed by atoms with Crippen LogP contribution in [0.15, 0.2) is 77.6 Å². The van der Waals surface area contributed by atoms with Gasteiger partial charge in [-0.25, -0.2) is 9.97 Å². The fourth-order valence-corrected chi connectivity index (χ4v) is 6.77. The van der Waals surface area contributed by atoms with E-state index in [9.17, 15) is 9.59 Å². The smallest absolute Gasteiger partial charge is 0.281 e. The first-order valence-corrected chi connectivity index (χ1v) is 15.4. The van der Waals surface area contributed by atoms with Crippen LogP contribution in [0, 0.1) is 0 Å². The molecular formula is C34H34N4O5S. The lowest BCUT2D eigenvalue weighted by atomic mass is 10.0. The Morgan fingerprint density at radius 3 is 2.48 bits per heavy atom. The number of para-hydroxylation sites is 1. The van der Waals surface area contributed by atoms with Gasteiger partial charge in [0.25, 0.3) is 5.56 Å². The Morgan fingerprint density at radius 2 is 1.70 bits per heavy atom. The second kappa shape index (κ2) is 12.9. The molecule has 10 heteroatoms. The lowest BCUT2D eigenvalue weighted by Gasteiger charge is -2.22. The highest BCUT2D eigenvalue weighted by atomic mass is 32.1. The van der Waals surface area contributed by atoms with E-state index in [4.69, 9.17) is 24.2 Å². The number of ketones is 1. The number of methoxy groups -OCH3 is 3. The third-order valence-corrected chi connectivity index (χ3v) is 9.04. The van der Waals surface area contributed by atoms with Gasteiger partial charge in [-0.15, -0.1) is 0 Å². The number of carbonyl (C=O) groups excluding carboxylic acids is 1. The van der Waals surface area contributed by atoms with Crippen LogP contribution in [0.1, 0.15) is 30.4 Å². The summed E-state index contributed by atoms with van der Waals surface area (Å²) in [4.78, 5) is 40.0. The number of benzene rings is 3. The topological polar surface area (TPSA) is 95.8 Å². The monoisotopic (exact) mass is 610 g/mol. The summed E-state index contributed by atoms with van der Waals surface area (Å²) >= 11 is 1.35. The van der Waals surface area contributed by atoms with Gasteiger partial charge in [0.15, 0.2) is 21.3 Å². The van der Waals surface area contributed by atoms with Crippen molar-refractivity contribution in [3.05, 3.63) is 94.3 Å². The summed E-state index contributed by atoms with van der Waals surface area (Å²) in [6.45, 7) is 0.900. The summed E-state index contributed by atoms with van der Waals surface area (Å²) in [5.41, 5.74) is 2.62. The van der Waals surface area contributed by atoms with Gasteiger partial charge in [-0.2, -0.15) is 0 Å². The van der Waals surface area contributed by atoms with Gasteiger partial charge < -0.3 is 19.1 Å². The number of nitrogens with zero attached hydrogens (tertiary/aromatic N) is 4. The molecule has 3 heterocycles. The van der Waals surface area contributed by atoms with Crippen molar-refractivity contribution in [1.82, 2.24) is 14.5 Å². The zero-order chi connectivity index (χ0) is 30.6. The van der Waals surface area contributed by atoms with Gasteiger partial charge in [0.2, 0.25) is 0 Å². The van der Waals surface area contributed by atoms with E-state index in [1.807, 2.05) is 66.7 Å². The van der Waals surface area contributed by atoms with Crippen molar-refractivity contribution in [2.45, 2.75) is 38.3 Å². The third-order valence-electron chi connectivity index (χ3n) is 8.05. The molecule has 0 aliphatic carbocycles. The molecule has 6 rings (SSSR count). The quantitative estimate of drug-likeness (QED) is 0.186. The van der Waals surface area contributed by atoms with Gasteiger partial charge in [0, 0.05) is 24.6 Å². The van der Waals surface area contributed by atoms with Crippen molar-refractivity contribution in [1.29, 1.82) is 0 Å². The molecule has 0 unspecified atom stereocenters. The van der Waals surface area contributed by atoms with Crippen LogP contribution in [0.2, 0.25) is 0 Å². The van der Waals surface area contributed by atoms with Crippen LogP contribution in [-0.2, 0) is 17.8 Å². The molecule has 5 aromatic rings. The largest absolute Gasteiger partial charge is 0.497 e. The normalized spacial score (nSPS) is 14.6. The van der Waals surface area contributed by atoms with Crippen LogP contribution in [0.4, 0.5) is 5.13 Å². The molecule has 44 heavy (non-hydrogen) atoms. The fourth-order valence-electron chi connectivity index (χ4n) is 5.76.